The Kier molecular flexibility index (Phi) is 5.04. The molecule has 2 aromatic rings. The first kappa shape index (κ1) is 18.2. The van der Waals surface area contributed by atoms with Crippen molar-refractivity contribution in [2.45, 2.75) is 37.3 Å². The molecule has 1 aliphatic rings. The molecule has 1 heterocycles. The Bertz CT molecular complexity index is 946. The molecule has 1 aliphatic carbocycles. The first-order chi connectivity index (χ1) is 11.8. The highest BCUT2D eigenvalue weighted by atomic mass is 32.2. The summed E-state index contributed by atoms with van der Waals surface area (Å²) in [5.41, 5.74) is 2.31. The van der Waals surface area contributed by atoms with E-state index in [9.17, 15) is 13.2 Å². The summed E-state index contributed by atoms with van der Waals surface area (Å²) < 4.78 is 29.0. The predicted molar refractivity (Wildman–Crippen MR) is 98.4 cm³/mol. The van der Waals surface area contributed by atoms with Crippen molar-refractivity contribution in [3.05, 3.63) is 45.7 Å². The molecule has 0 N–H and O–H groups in total. The molecule has 1 aromatic heterocycles. The quantitative estimate of drug-likeness (QED) is 0.566. The van der Waals surface area contributed by atoms with E-state index in [-0.39, 0.29) is 18.2 Å². The lowest BCUT2D eigenvalue weighted by Crippen LogP contribution is -2.28. The van der Waals surface area contributed by atoms with Crippen molar-refractivity contribution in [2.24, 2.45) is 0 Å². The molecule has 0 atom stereocenters. The van der Waals surface area contributed by atoms with Crippen LogP contribution < -0.4 is 5.56 Å². The monoisotopic (exact) mass is 380 g/mol. The van der Waals surface area contributed by atoms with Crippen molar-refractivity contribution >= 4 is 21.9 Å². The zero-order valence-corrected chi connectivity index (χ0v) is 16.0. The lowest BCUT2D eigenvalue weighted by atomic mass is 10.0. The van der Waals surface area contributed by atoms with Crippen LogP contribution in [-0.2, 0) is 20.9 Å². The smallest absolute Gasteiger partial charge is 0.267 e. The molecule has 0 saturated heterocycles. The molecule has 0 bridgehead atoms. The molecule has 8 heteroatoms. The Labute approximate surface area is 151 Å². The summed E-state index contributed by atoms with van der Waals surface area (Å²) in [5, 5.41) is 4.56. The average molecular weight is 380 g/mol. The second-order valence-electron chi connectivity index (χ2n) is 6.13. The van der Waals surface area contributed by atoms with Gasteiger partial charge in [0, 0.05) is 10.5 Å². The highest BCUT2D eigenvalue weighted by Crippen LogP contribution is 2.34. The van der Waals surface area contributed by atoms with Crippen LogP contribution in [0.2, 0.25) is 0 Å². The first-order valence-electron chi connectivity index (χ1n) is 7.91. The van der Waals surface area contributed by atoms with Gasteiger partial charge in [0.1, 0.15) is 0 Å². The highest BCUT2D eigenvalue weighted by Gasteiger charge is 2.28. The molecule has 6 nitrogen and oxygen atoms in total. The molecule has 0 unspecified atom stereocenters. The third-order valence-corrected chi connectivity index (χ3v) is 5.44. The van der Waals surface area contributed by atoms with Gasteiger partial charge in [0.2, 0.25) is 0 Å². The Morgan fingerprint density at radius 3 is 2.44 bits per heavy atom. The van der Waals surface area contributed by atoms with Gasteiger partial charge in [-0.2, -0.15) is 13.5 Å². The van der Waals surface area contributed by atoms with Crippen LogP contribution in [0.1, 0.15) is 30.0 Å². The van der Waals surface area contributed by atoms with Crippen molar-refractivity contribution in [1.82, 2.24) is 9.78 Å². The minimum Gasteiger partial charge on any atom is -0.267 e. The van der Waals surface area contributed by atoms with E-state index in [4.69, 9.17) is 4.18 Å². The molecular weight excluding hydrogens is 360 g/mol. The number of benzene rings is 1. The van der Waals surface area contributed by atoms with Gasteiger partial charge in [-0.15, -0.1) is 11.8 Å². The van der Waals surface area contributed by atoms with Gasteiger partial charge in [-0.25, -0.2) is 4.68 Å². The molecule has 0 spiro atoms. The van der Waals surface area contributed by atoms with Crippen molar-refractivity contribution < 1.29 is 12.6 Å². The molecular formula is C17H20N2O4S2. The van der Waals surface area contributed by atoms with E-state index in [1.54, 1.807) is 18.7 Å². The van der Waals surface area contributed by atoms with E-state index in [0.717, 1.165) is 29.6 Å². The average Bonchev–Trinajstić information content (AvgIpc) is 3.39. The topological polar surface area (TPSA) is 78.3 Å². The number of hydrogen-bond acceptors (Lipinski definition) is 6. The van der Waals surface area contributed by atoms with Gasteiger partial charge in [-0.3, -0.25) is 8.98 Å². The summed E-state index contributed by atoms with van der Waals surface area (Å²) >= 11 is 1.65. The second-order valence-corrected chi connectivity index (χ2v) is 8.65. The van der Waals surface area contributed by atoms with Gasteiger partial charge in [0.25, 0.3) is 15.7 Å². The zero-order chi connectivity index (χ0) is 18.2. The molecule has 134 valence electrons. The minimum absolute atomic E-state index is 0.0919. The Morgan fingerprint density at radius 1 is 1.28 bits per heavy atom. The fraction of sp³-hybridized carbons (Fsp3) is 0.412. The van der Waals surface area contributed by atoms with Gasteiger partial charge in [0.05, 0.1) is 30.2 Å². The van der Waals surface area contributed by atoms with E-state index >= 15 is 0 Å². The van der Waals surface area contributed by atoms with Crippen LogP contribution in [0.25, 0.3) is 11.3 Å². The Balaban J connectivity index is 2.10. The molecule has 1 fully saturated rings. The third kappa shape index (κ3) is 4.13. The molecule has 1 aromatic carbocycles. The molecule has 3 rings (SSSR count). The van der Waals surface area contributed by atoms with Crippen LogP contribution in [0.5, 0.6) is 0 Å². The van der Waals surface area contributed by atoms with Crippen LogP contribution >= 0.6 is 11.8 Å². The van der Waals surface area contributed by atoms with E-state index in [1.807, 2.05) is 30.5 Å². The van der Waals surface area contributed by atoms with Crippen LogP contribution in [-0.4, -0.2) is 30.7 Å². The molecule has 1 saturated carbocycles. The predicted octanol–water partition coefficient (Wildman–Crippen LogP) is 2.75. The summed E-state index contributed by atoms with van der Waals surface area (Å²) in [7, 11) is -3.63. The maximum atomic E-state index is 12.7. The van der Waals surface area contributed by atoms with Crippen LogP contribution in [0.15, 0.2) is 34.0 Å². The lowest BCUT2D eigenvalue weighted by Gasteiger charge is -2.14. The number of nitrogens with zero attached hydrogens (tertiary/aromatic N) is 2. The fourth-order valence-corrected chi connectivity index (χ4v) is 3.34. The number of thioether (sulfide) groups is 1. The van der Waals surface area contributed by atoms with Crippen LogP contribution in [0, 0.1) is 6.92 Å². The normalized spacial score (nSPS) is 14.7. The van der Waals surface area contributed by atoms with Gasteiger partial charge in [-0.1, -0.05) is 12.1 Å². The number of rotatable bonds is 6. The van der Waals surface area contributed by atoms with E-state index in [1.165, 1.54) is 4.68 Å². The first-order valence-corrected chi connectivity index (χ1v) is 11.0. The maximum absolute atomic E-state index is 12.7. The van der Waals surface area contributed by atoms with Crippen LogP contribution in [0.4, 0.5) is 0 Å². The van der Waals surface area contributed by atoms with Crippen molar-refractivity contribution in [3.8, 4) is 11.3 Å². The van der Waals surface area contributed by atoms with Crippen molar-refractivity contribution in [3.63, 3.8) is 0 Å². The minimum atomic E-state index is -3.63. The van der Waals surface area contributed by atoms with E-state index in [2.05, 4.69) is 5.10 Å². The fourth-order valence-electron chi connectivity index (χ4n) is 2.60. The van der Waals surface area contributed by atoms with Crippen molar-refractivity contribution in [1.29, 1.82) is 0 Å². The Hall–Kier alpha value is -1.64. The highest BCUT2D eigenvalue weighted by molar-refractivity contribution is 7.98. The standard InChI is InChI=1S/C17H20N2O4S2/c1-11-15(10-23-25(3,21)22)17(20)19(13-6-7-13)18-16(11)12-4-8-14(24-2)9-5-12/h4-5,8-9,13H,6-7,10H2,1-3H3. The summed E-state index contributed by atoms with van der Waals surface area (Å²) in [6, 6.07) is 8.02. The van der Waals surface area contributed by atoms with Crippen LogP contribution in [0.3, 0.4) is 0 Å². The maximum Gasteiger partial charge on any atom is 0.272 e. The zero-order valence-electron chi connectivity index (χ0n) is 14.4. The van der Waals surface area contributed by atoms with Gasteiger partial charge < -0.3 is 0 Å². The summed E-state index contributed by atoms with van der Waals surface area (Å²) in [6.45, 7) is 1.51. The van der Waals surface area contributed by atoms with Gasteiger partial charge in [0.15, 0.2) is 0 Å². The second kappa shape index (κ2) is 6.93. The van der Waals surface area contributed by atoms with E-state index < -0.39 is 10.1 Å². The summed E-state index contributed by atoms with van der Waals surface area (Å²) in [6.07, 6.45) is 4.80. The summed E-state index contributed by atoms with van der Waals surface area (Å²) in [5.74, 6) is 0. The van der Waals surface area contributed by atoms with Gasteiger partial charge >= 0.3 is 0 Å². The third-order valence-electron chi connectivity index (χ3n) is 4.16. The lowest BCUT2D eigenvalue weighted by molar-refractivity contribution is 0.307. The van der Waals surface area contributed by atoms with Gasteiger partial charge in [-0.05, 0) is 43.7 Å². The molecule has 0 amide bonds. The molecule has 0 radical (unpaired) electrons. The largest absolute Gasteiger partial charge is 0.272 e. The number of hydrogen-bond donors (Lipinski definition) is 0. The molecule has 0 aliphatic heterocycles. The van der Waals surface area contributed by atoms with E-state index in [0.29, 0.717) is 16.8 Å². The van der Waals surface area contributed by atoms with Crippen molar-refractivity contribution in [2.75, 3.05) is 12.5 Å². The molecule has 25 heavy (non-hydrogen) atoms. The Morgan fingerprint density at radius 2 is 1.92 bits per heavy atom. The number of aromatic nitrogens is 2. The SMILES string of the molecule is CSc1ccc(-c2nn(C3CC3)c(=O)c(COS(C)(=O)=O)c2C)cc1. The summed E-state index contributed by atoms with van der Waals surface area (Å²) in [4.78, 5) is 13.8.